The van der Waals surface area contributed by atoms with E-state index in [9.17, 15) is 4.79 Å². The standard InChI is InChI=1S/C12H20N2OS.ClH/c1-9-5-16-6-10(9)11(15)14(4)8-12(2,3)7-13;/h5-6H,7-8,13H2,1-4H3;1H. The van der Waals surface area contributed by atoms with Crippen molar-refractivity contribution in [3.63, 3.8) is 0 Å². The van der Waals surface area contributed by atoms with Gasteiger partial charge in [0.15, 0.2) is 0 Å². The average molecular weight is 277 g/mol. The number of carbonyl (C=O) groups excluding carboxylic acids is 1. The van der Waals surface area contributed by atoms with Crippen molar-refractivity contribution in [2.24, 2.45) is 11.1 Å². The molecule has 0 unspecified atom stereocenters. The van der Waals surface area contributed by atoms with E-state index in [1.54, 1.807) is 16.2 Å². The van der Waals surface area contributed by atoms with Crippen molar-refractivity contribution in [3.05, 3.63) is 21.9 Å². The Morgan fingerprint density at radius 1 is 1.47 bits per heavy atom. The minimum Gasteiger partial charge on any atom is -0.341 e. The first kappa shape index (κ1) is 16.4. The second kappa shape index (κ2) is 6.38. The largest absolute Gasteiger partial charge is 0.341 e. The summed E-state index contributed by atoms with van der Waals surface area (Å²) >= 11 is 1.56. The third kappa shape index (κ3) is 4.30. The van der Waals surface area contributed by atoms with Crippen LogP contribution in [0.5, 0.6) is 0 Å². The molecule has 1 aromatic heterocycles. The van der Waals surface area contributed by atoms with Crippen molar-refractivity contribution in [3.8, 4) is 0 Å². The number of halogens is 1. The molecule has 1 heterocycles. The highest BCUT2D eigenvalue weighted by Gasteiger charge is 2.22. The molecule has 0 fully saturated rings. The molecule has 0 aromatic carbocycles. The third-order valence-electron chi connectivity index (χ3n) is 2.65. The second-order valence-corrected chi connectivity index (χ2v) is 5.74. The summed E-state index contributed by atoms with van der Waals surface area (Å²) in [7, 11) is 1.83. The highest BCUT2D eigenvalue weighted by atomic mass is 35.5. The van der Waals surface area contributed by atoms with Crippen LogP contribution in [0.1, 0.15) is 29.8 Å². The Bertz CT molecular complexity index is 376. The summed E-state index contributed by atoms with van der Waals surface area (Å²) in [6, 6.07) is 0. The zero-order valence-corrected chi connectivity index (χ0v) is 12.5. The number of nitrogens with two attached hydrogens (primary N) is 1. The fourth-order valence-electron chi connectivity index (χ4n) is 1.56. The number of amides is 1. The first-order valence-electron chi connectivity index (χ1n) is 5.36. The van der Waals surface area contributed by atoms with Crippen molar-refractivity contribution in [1.82, 2.24) is 4.90 Å². The molecule has 0 saturated heterocycles. The minimum atomic E-state index is -0.0334. The van der Waals surface area contributed by atoms with Crippen LogP contribution in [0.4, 0.5) is 0 Å². The quantitative estimate of drug-likeness (QED) is 0.919. The molecule has 1 rings (SSSR count). The van der Waals surface area contributed by atoms with Crippen LogP contribution in [0.15, 0.2) is 10.8 Å². The molecule has 0 saturated carbocycles. The highest BCUT2D eigenvalue weighted by Crippen LogP contribution is 2.19. The highest BCUT2D eigenvalue weighted by molar-refractivity contribution is 7.08. The van der Waals surface area contributed by atoms with Gasteiger partial charge in [-0.3, -0.25) is 4.79 Å². The summed E-state index contributed by atoms with van der Waals surface area (Å²) in [5.74, 6) is 0.0836. The maximum Gasteiger partial charge on any atom is 0.254 e. The monoisotopic (exact) mass is 276 g/mol. The van der Waals surface area contributed by atoms with Gasteiger partial charge in [-0.25, -0.2) is 0 Å². The van der Waals surface area contributed by atoms with Crippen LogP contribution in [0.2, 0.25) is 0 Å². The van der Waals surface area contributed by atoms with E-state index in [2.05, 4.69) is 13.8 Å². The van der Waals surface area contributed by atoms with E-state index >= 15 is 0 Å². The molecule has 0 atom stereocenters. The Morgan fingerprint density at radius 2 is 2.06 bits per heavy atom. The van der Waals surface area contributed by atoms with Crippen molar-refractivity contribution in [2.45, 2.75) is 20.8 Å². The predicted molar refractivity (Wildman–Crippen MR) is 76.1 cm³/mol. The van der Waals surface area contributed by atoms with Crippen LogP contribution < -0.4 is 5.73 Å². The SMILES string of the molecule is Cc1cscc1C(=O)N(C)CC(C)(C)CN.Cl. The minimum absolute atomic E-state index is 0. The number of aryl methyl sites for hydroxylation is 1. The maximum absolute atomic E-state index is 12.1. The molecule has 2 N–H and O–H groups in total. The smallest absolute Gasteiger partial charge is 0.254 e. The molecule has 0 aliphatic rings. The number of rotatable bonds is 4. The van der Waals surface area contributed by atoms with E-state index in [4.69, 9.17) is 5.73 Å². The summed E-state index contributed by atoms with van der Waals surface area (Å²) in [5, 5.41) is 3.90. The van der Waals surface area contributed by atoms with Crippen molar-refractivity contribution in [1.29, 1.82) is 0 Å². The maximum atomic E-state index is 12.1. The molecular formula is C12H21ClN2OS. The summed E-state index contributed by atoms with van der Waals surface area (Å²) in [6.45, 7) is 7.35. The van der Waals surface area contributed by atoms with E-state index in [0.29, 0.717) is 13.1 Å². The number of hydrogen-bond donors (Lipinski definition) is 1. The lowest BCUT2D eigenvalue weighted by molar-refractivity contribution is 0.0740. The van der Waals surface area contributed by atoms with Gasteiger partial charge in [-0.05, 0) is 29.8 Å². The molecule has 0 spiro atoms. The van der Waals surface area contributed by atoms with Gasteiger partial charge in [0.1, 0.15) is 0 Å². The molecule has 0 aliphatic heterocycles. The van der Waals surface area contributed by atoms with Crippen molar-refractivity contribution in [2.75, 3.05) is 20.1 Å². The number of nitrogens with zero attached hydrogens (tertiary/aromatic N) is 1. The van der Waals surface area contributed by atoms with Gasteiger partial charge in [0.05, 0.1) is 5.56 Å². The zero-order chi connectivity index (χ0) is 12.3. The third-order valence-corrected chi connectivity index (χ3v) is 3.51. The lowest BCUT2D eigenvalue weighted by atomic mass is 9.93. The number of hydrogen-bond acceptors (Lipinski definition) is 3. The molecule has 0 aliphatic carbocycles. The summed E-state index contributed by atoms with van der Waals surface area (Å²) in [4.78, 5) is 13.9. The summed E-state index contributed by atoms with van der Waals surface area (Å²) in [6.07, 6.45) is 0. The van der Waals surface area contributed by atoms with Crippen molar-refractivity contribution < 1.29 is 4.79 Å². The van der Waals surface area contributed by atoms with Crippen LogP contribution in [0.3, 0.4) is 0 Å². The molecule has 1 aromatic rings. The van der Waals surface area contributed by atoms with Gasteiger partial charge < -0.3 is 10.6 Å². The zero-order valence-electron chi connectivity index (χ0n) is 10.8. The van der Waals surface area contributed by atoms with E-state index < -0.39 is 0 Å². The first-order chi connectivity index (χ1) is 7.37. The lowest BCUT2D eigenvalue weighted by Gasteiger charge is -2.29. The Hall–Kier alpha value is -0.580. The Kier molecular flexibility index (Phi) is 6.16. The normalized spacial score (nSPS) is 10.9. The van der Waals surface area contributed by atoms with Gasteiger partial charge in [-0.1, -0.05) is 13.8 Å². The molecule has 1 amide bonds. The van der Waals surface area contributed by atoms with Gasteiger partial charge in [-0.15, -0.1) is 12.4 Å². The van der Waals surface area contributed by atoms with Gasteiger partial charge in [0.2, 0.25) is 0 Å². The molecular weight excluding hydrogens is 256 g/mol. The molecule has 98 valence electrons. The Labute approximate surface area is 113 Å². The average Bonchev–Trinajstić information content (AvgIpc) is 2.62. The van der Waals surface area contributed by atoms with E-state index in [1.807, 2.05) is 24.7 Å². The summed E-state index contributed by atoms with van der Waals surface area (Å²) in [5.41, 5.74) is 7.49. The van der Waals surface area contributed by atoms with Gasteiger partial charge in [-0.2, -0.15) is 11.3 Å². The molecule has 3 nitrogen and oxygen atoms in total. The number of carbonyl (C=O) groups is 1. The number of thiophene rings is 1. The van der Waals surface area contributed by atoms with E-state index in [1.165, 1.54) is 0 Å². The molecule has 17 heavy (non-hydrogen) atoms. The first-order valence-corrected chi connectivity index (χ1v) is 6.30. The van der Waals surface area contributed by atoms with Crippen LogP contribution in [0.25, 0.3) is 0 Å². The van der Waals surface area contributed by atoms with Gasteiger partial charge >= 0.3 is 0 Å². The fourth-order valence-corrected chi connectivity index (χ4v) is 2.39. The Balaban J connectivity index is 0.00000256. The van der Waals surface area contributed by atoms with Gasteiger partial charge in [0.25, 0.3) is 5.91 Å². The summed E-state index contributed by atoms with van der Waals surface area (Å²) < 4.78 is 0. The molecule has 0 bridgehead atoms. The van der Waals surface area contributed by atoms with Crippen LogP contribution in [-0.4, -0.2) is 30.9 Å². The van der Waals surface area contributed by atoms with Crippen LogP contribution in [-0.2, 0) is 0 Å². The Morgan fingerprint density at radius 3 is 2.47 bits per heavy atom. The molecule has 5 heteroatoms. The van der Waals surface area contributed by atoms with Crippen molar-refractivity contribution >= 4 is 29.7 Å². The van der Waals surface area contributed by atoms with Crippen LogP contribution in [0, 0.1) is 12.3 Å². The van der Waals surface area contributed by atoms with E-state index in [0.717, 1.165) is 11.1 Å². The lowest BCUT2D eigenvalue weighted by Crippen LogP contribution is -2.39. The van der Waals surface area contributed by atoms with E-state index in [-0.39, 0.29) is 23.7 Å². The predicted octanol–water partition coefficient (Wildman–Crippen LogP) is 2.54. The molecule has 0 radical (unpaired) electrons. The fraction of sp³-hybridized carbons (Fsp3) is 0.583. The second-order valence-electron chi connectivity index (χ2n) is 5.00. The van der Waals surface area contributed by atoms with Crippen LogP contribution >= 0.6 is 23.7 Å². The topological polar surface area (TPSA) is 46.3 Å². The van der Waals surface area contributed by atoms with Gasteiger partial charge in [0, 0.05) is 19.0 Å².